The van der Waals surface area contributed by atoms with Gasteiger partial charge in [-0.05, 0) is 6.08 Å². The van der Waals surface area contributed by atoms with E-state index in [4.69, 9.17) is 5.73 Å². The number of amides is 1. The molecule has 0 aliphatic carbocycles. The zero-order valence-corrected chi connectivity index (χ0v) is 8.01. The number of nitrogens with zero attached hydrogens (tertiary/aromatic N) is 2. The highest BCUT2D eigenvalue weighted by atomic mass is 16.5. The Morgan fingerprint density at radius 3 is 2.47 bits per heavy atom. The number of carbonyl (C=O) groups is 2. The molecule has 1 amide bonds. The highest BCUT2D eigenvalue weighted by molar-refractivity contribution is 5.90. The molecule has 0 aliphatic heterocycles. The molecule has 6 nitrogen and oxygen atoms in total. The minimum Gasteiger partial charge on any atom is -0.463 e. The van der Waals surface area contributed by atoms with Crippen LogP contribution in [0.25, 0.3) is 6.08 Å². The Bertz CT molecular complexity index is 398. The summed E-state index contributed by atoms with van der Waals surface area (Å²) in [4.78, 5) is 28.8. The lowest BCUT2D eigenvalue weighted by atomic mass is 10.3. The zero-order chi connectivity index (χ0) is 11.3. The quantitative estimate of drug-likeness (QED) is 0.545. The molecule has 0 radical (unpaired) electrons. The second-order valence-corrected chi connectivity index (χ2v) is 2.57. The van der Waals surface area contributed by atoms with Crippen LogP contribution in [0.1, 0.15) is 16.2 Å². The van der Waals surface area contributed by atoms with Gasteiger partial charge in [-0.1, -0.05) is 0 Å². The summed E-state index contributed by atoms with van der Waals surface area (Å²) in [6.45, 7) is 0. The Hall–Kier alpha value is -2.24. The topological polar surface area (TPSA) is 95.2 Å². The van der Waals surface area contributed by atoms with E-state index in [9.17, 15) is 9.59 Å². The van der Waals surface area contributed by atoms with Crippen molar-refractivity contribution in [3.05, 3.63) is 29.9 Å². The number of ether oxygens (including phenoxy) is 1. The highest BCUT2D eigenvalue weighted by Gasteiger charge is 2.07. The van der Waals surface area contributed by atoms with Crippen LogP contribution in [0.5, 0.6) is 0 Å². The van der Waals surface area contributed by atoms with Crippen molar-refractivity contribution in [2.75, 3.05) is 7.11 Å². The zero-order valence-electron chi connectivity index (χ0n) is 8.01. The number of aromatic nitrogens is 2. The molecule has 78 valence electrons. The Morgan fingerprint density at radius 1 is 1.40 bits per heavy atom. The van der Waals surface area contributed by atoms with Gasteiger partial charge in [0.25, 0.3) is 0 Å². The highest BCUT2D eigenvalue weighted by Crippen LogP contribution is 1.99. The summed E-state index contributed by atoms with van der Waals surface area (Å²) >= 11 is 0. The van der Waals surface area contributed by atoms with Gasteiger partial charge in [0.1, 0.15) is 0 Å². The van der Waals surface area contributed by atoms with E-state index < -0.39 is 11.9 Å². The first-order chi connectivity index (χ1) is 7.13. The number of hydrogen-bond acceptors (Lipinski definition) is 5. The van der Waals surface area contributed by atoms with Crippen molar-refractivity contribution in [3.8, 4) is 0 Å². The van der Waals surface area contributed by atoms with Crippen molar-refractivity contribution in [1.82, 2.24) is 9.97 Å². The Labute approximate surface area is 85.8 Å². The Balaban J connectivity index is 2.81. The first-order valence-electron chi connectivity index (χ1n) is 4.01. The molecule has 6 heteroatoms. The SMILES string of the molecule is COC(=O)c1ncc(C=CC(N)=O)cn1. The maximum atomic E-state index is 11.0. The fraction of sp³-hybridized carbons (Fsp3) is 0.111. The number of carbonyl (C=O) groups excluding carboxylic acids is 2. The summed E-state index contributed by atoms with van der Waals surface area (Å²) in [6, 6.07) is 0. The molecule has 1 aromatic rings. The number of rotatable bonds is 3. The van der Waals surface area contributed by atoms with Gasteiger partial charge in [0.2, 0.25) is 11.7 Å². The van der Waals surface area contributed by atoms with Crippen LogP contribution in [0.15, 0.2) is 18.5 Å². The average Bonchev–Trinajstić information content (AvgIpc) is 2.26. The average molecular weight is 207 g/mol. The molecule has 0 fully saturated rings. The van der Waals surface area contributed by atoms with Crippen LogP contribution >= 0.6 is 0 Å². The molecule has 1 aromatic heterocycles. The van der Waals surface area contributed by atoms with Crippen LogP contribution in [-0.2, 0) is 9.53 Å². The summed E-state index contributed by atoms with van der Waals surface area (Å²) < 4.78 is 4.42. The lowest BCUT2D eigenvalue weighted by molar-refractivity contribution is -0.113. The molecular formula is C9H9N3O3. The van der Waals surface area contributed by atoms with Crippen molar-refractivity contribution >= 4 is 18.0 Å². The third-order valence-corrected chi connectivity index (χ3v) is 1.48. The normalized spacial score (nSPS) is 10.2. The molecule has 0 saturated heterocycles. The third-order valence-electron chi connectivity index (χ3n) is 1.48. The largest absolute Gasteiger partial charge is 0.463 e. The molecule has 15 heavy (non-hydrogen) atoms. The molecular weight excluding hydrogens is 198 g/mol. The Morgan fingerprint density at radius 2 is 2.00 bits per heavy atom. The van der Waals surface area contributed by atoms with Gasteiger partial charge in [-0.2, -0.15) is 0 Å². The summed E-state index contributed by atoms with van der Waals surface area (Å²) in [6.07, 6.45) is 5.40. The molecule has 0 aliphatic rings. The second kappa shape index (κ2) is 4.85. The summed E-state index contributed by atoms with van der Waals surface area (Å²) in [5.74, 6) is -1.21. The van der Waals surface area contributed by atoms with E-state index in [2.05, 4.69) is 14.7 Å². The molecule has 0 saturated carbocycles. The van der Waals surface area contributed by atoms with Gasteiger partial charge >= 0.3 is 5.97 Å². The molecule has 0 aromatic carbocycles. The van der Waals surface area contributed by atoms with Gasteiger partial charge in [0.05, 0.1) is 7.11 Å². The van der Waals surface area contributed by atoms with E-state index >= 15 is 0 Å². The molecule has 0 unspecified atom stereocenters. The van der Waals surface area contributed by atoms with Crippen molar-refractivity contribution in [3.63, 3.8) is 0 Å². The molecule has 0 bridgehead atoms. The number of esters is 1. The van der Waals surface area contributed by atoms with Crippen LogP contribution in [0.3, 0.4) is 0 Å². The van der Waals surface area contributed by atoms with Crippen molar-refractivity contribution < 1.29 is 14.3 Å². The van der Waals surface area contributed by atoms with E-state index in [1.165, 1.54) is 31.7 Å². The standard InChI is InChI=1S/C9H9N3O3/c1-15-9(14)8-11-4-6(5-12-8)2-3-7(10)13/h2-5H,1H3,(H2,10,13). The smallest absolute Gasteiger partial charge is 0.376 e. The summed E-state index contributed by atoms with van der Waals surface area (Å²) in [7, 11) is 1.24. The Kier molecular flexibility index (Phi) is 3.50. The van der Waals surface area contributed by atoms with Gasteiger partial charge in [0.15, 0.2) is 0 Å². The van der Waals surface area contributed by atoms with Crippen LogP contribution in [-0.4, -0.2) is 29.0 Å². The molecule has 1 heterocycles. The molecule has 0 spiro atoms. The predicted octanol–water partition coefficient (Wildman–Crippen LogP) is -0.238. The van der Waals surface area contributed by atoms with E-state index in [1.807, 2.05) is 0 Å². The fourth-order valence-electron chi connectivity index (χ4n) is 0.799. The lowest BCUT2D eigenvalue weighted by Crippen LogP contribution is -2.07. The maximum absolute atomic E-state index is 11.0. The minimum atomic E-state index is -0.611. The number of nitrogens with two attached hydrogens (primary N) is 1. The number of primary amides is 1. The van der Waals surface area contributed by atoms with Gasteiger partial charge in [-0.3, -0.25) is 4.79 Å². The second-order valence-electron chi connectivity index (χ2n) is 2.57. The third kappa shape index (κ3) is 3.18. The monoisotopic (exact) mass is 207 g/mol. The fourth-order valence-corrected chi connectivity index (χ4v) is 0.799. The van der Waals surface area contributed by atoms with Crippen LogP contribution in [0.4, 0.5) is 0 Å². The summed E-state index contributed by atoms with van der Waals surface area (Å²) in [5.41, 5.74) is 5.47. The minimum absolute atomic E-state index is 0.0336. The van der Waals surface area contributed by atoms with E-state index in [-0.39, 0.29) is 5.82 Å². The first kappa shape index (κ1) is 10.8. The van der Waals surface area contributed by atoms with Gasteiger partial charge in [-0.15, -0.1) is 0 Å². The van der Waals surface area contributed by atoms with E-state index in [0.717, 1.165) is 0 Å². The van der Waals surface area contributed by atoms with Crippen molar-refractivity contribution in [2.24, 2.45) is 5.73 Å². The first-order valence-corrected chi connectivity index (χ1v) is 4.01. The number of hydrogen-bond donors (Lipinski definition) is 1. The maximum Gasteiger partial charge on any atom is 0.376 e. The predicted molar refractivity (Wildman–Crippen MR) is 51.6 cm³/mol. The van der Waals surface area contributed by atoms with Crippen molar-refractivity contribution in [1.29, 1.82) is 0 Å². The van der Waals surface area contributed by atoms with Crippen LogP contribution in [0.2, 0.25) is 0 Å². The molecule has 1 rings (SSSR count). The van der Waals surface area contributed by atoms with Gasteiger partial charge in [0, 0.05) is 24.0 Å². The molecule has 0 atom stereocenters. The van der Waals surface area contributed by atoms with Crippen molar-refractivity contribution in [2.45, 2.75) is 0 Å². The van der Waals surface area contributed by atoms with E-state index in [1.54, 1.807) is 0 Å². The molecule has 2 N–H and O–H groups in total. The van der Waals surface area contributed by atoms with Gasteiger partial charge in [-0.25, -0.2) is 14.8 Å². The number of methoxy groups -OCH3 is 1. The lowest BCUT2D eigenvalue weighted by Gasteiger charge is -1.96. The van der Waals surface area contributed by atoms with Gasteiger partial charge < -0.3 is 10.5 Å². The summed E-state index contributed by atoms with van der Waals surface area (Å²) in [5, 5.41) is 0. The van der Waals surface area contributed by atoms with Crippen LogP contribution < -0.4 is 5.73 Å². The van der Waals surface area contributed by atoms with Crippen LogP contribution in [0, 0.1) is 0 Å². The van der Waals surface area contributed by atoms with E-state index in [0.29, 0.717) is 5.56 Å².